The van der Waals surface area contributed by atoms with Crippen molar-refractivity contribution in [1.29, 1.82) is 0 Å². The number of fused-ring (bicyclic) bond motifs is 3. The summed E-state index contributed by atoms with van der Waals surface area (Å²) in [5.74, 6) is 0. The van der Waals surface area contributed by atoms with Gasteiger partial charge in [-0.3, -0.25) is 0 Å². The fraction of sp³-hybridized carbons (Fsp3) is 0.333. The van der Waals surface area contributed by atoms with Crippen molar-refractivity contribution in [3.8, 4) is 0 Å². The van der Waals surface area contributed by atoms with E-state index in [1.807, 2.05) is 0 Å². The number of aromatic nitrogens is 1. The lowest BCUT2D eigenvalue weighted by molar-refractivity contribution is 0.643. The van der Waals surface area contributed by atoms with Crippen LogP contribution in [0.5, 0.6) is 0 Å². The Morgan fingerprint density at radius 3 is 1.90 bits per heavy atom. The van der Waals surface area contributed by atoms with E-state index < -0.39 is 0 Å². The van der Waals surface area contributed by atoms with Crippen LogP contribution in [0.25, 0.3) is 21.8 Å². The number of nitrogens with two attached hydrogens (primary N) is 1. The highest BCUT2D eigenvalue weighted by Gasteiger charge is 2.10. The minimum atomic E-state index is 0.773. The second-order valence-electron chi connectivity index (χ2n) is 5.69. The average Bonchev–Trinajstić information content (AvgIpc) is 2.72. The molecule has 0 aliphatic carbocycles. The molecule has 0 fully saturated rings. The first-order valence-electron chi connectivity index (χ1n) is 7.40. The number of nitrogens with zero attached hydrogens (tertiary/aromatic N) is 1. The number of rotatable bonds is 4. The summed E-state index contributed by atoms with van der Waals surface area (Å²) in [4.78, 5) is 0. The largest absolute Gasteiger partial charge is 0.340 e. The quantitative estimate of drug-likeness (QED) is 0.707. The predicted molar refractivity (Wildman–Crippen MR) is 87.2 cm³/mol. The summed E-state index contributed by atoms with van der Waals surface area (Å²) in [6.07, 6.45) is 2.22. The molecule has 2 N–H and O–H groups in total. The van der Waals surface area contributed by atoms with Gasteiger partial charge in [0.2, 0.25) is 0 Å². The maximum absolute atomic E-state index is 5.62. The van der Waals surface area contributed by atoms with Gasteiger partial charge in [-0.15, -0.1) is 0 Å². The molecule has 3 rings (SSSR count). The number of benzene rings is 2. The third-order valence-electron chi connectivity index (χ3n) is 4.01. The molecule has 1 heterocycles. The van der Waals surface area contributed by atoms with Crippen molar-refractivity contribution in [2.75, 3.05) is 6.54 Å². The third-order valence-corrected chi connectivity index (χ3v) is 4.01. The Morgan fingerprint density at radius 2 is 1.40 bits per heavy atom. The van der Waals surface area contributed by atoms with Gasteiger partial charge in [0.05, 0.1) is 0 Å². The van der Waals surface area contributed by atoms with E-state index in [2.05, 4.69) is 54.8 Å². The van der Waals surface area contributed by atoms with Crippen molar-refractivity contribution in [3.63, 3.8) is 0 Å². The van der Waals surface area contributed by atoms with Gasteiger partial charge in [0, 0.05) is 28.4 Å². The topological polar surface area (TPSA) is 30.9 Å². The summed E-state index contributed by atoms with van der Waals surface area (Å²) in [6, 6.07) is 13.5. The maximum Gasteiger partial charge on any atom is 0.0491 e. The molecule has 0 aliphatic rings. The summed E-state index contributed by atoms with van der Waals surface area (Å²) in [7, 11) is 0. The molecule has 2 nitrogen and oxygen atoms in total. The van der Waals surface area contributed by atoms with Crippen LogP contribution in [0.2, 0.25) is 0 Å². The van der Waals surface area contributed by atoms with E-state index >= 15 is 0 Å². The molecule has 0 saturated heterocycles. The third kappa shape index (κ3) is 2.20. The normalized spacial score (nSPS) is 11.6. The van der Waals surface area contributed by atoms with Crippen LogP contribution in [-0.2, 0) is 6.54 Å². The Kier molecular flexibility index (Phi) is 3.49. The summed E-state index contributed by atoms with van der Waals surface area (Å²) in [5.41, 5.74) is 10.9. The SMILES string of the molecule is Cc1ccc2c(c1)c1cc(C)ccc1n2CCCCN. The Balaban J connectivity index is 2.23. The van der Waals surface area contributed by atoms with E-state index in [1.165, 1.54) is 32.9 Å². The molecule has 20 heavy (non-hydrogen) atoms. The van der Waals surface area contributed by atoms with Crippen LogP contribution < -0.4 is 5.73 Å². The van der Waals surface area contributed by atoms with Gasteiger partial charge in [0.1, 0.15) is 0 Å². The Labute approximate surface area is 120 Å². The van der Waals surface area contributed by atoms with Gasteiger partial charge in [-0.1, -0.05) is 23.3 Å². The van der Waals surface area contributed by atoms with E-state index in [-0.39, 0.29) is 0 Å². The van der Waals surface area contributed by atoms with Crippen LogP contribution in [0.4, 0.5) is 0 Å². The first-order valence-corrected chi connectivity index (χ1v) is 7.40. The zero-order chi connectivity index (χ0) is 14.1. The second kappa shape index (κ2) is 5.29. The van der Waals surface area contributed by atoms with Crippen LogP contribution in [0, 0.1) is 13.8 Å². The Morgan fingerprint density at radius 1 is 0.850 bits per heavy atom. The summed E-state index contributed by atoms with van der Waals surface area (Å²) in [6.45, 7) is 6.14. The van der Waals surface area contributed by atoms with Gasteiger partial charge in [-0.05, 0) is 57.5 Å². The predicted octanol–water partition coefficient (Wildman–Crippen LogP) is 4.15. The molecule has 0 radical (unpaired) electrons. The minimum absolute atomic E-state index is 0.773. The van der Waals surface area contributed by atoms with Crippen molar-refractivity contribution in [2.45, 2.75) is 33.2 Å². The van der Waals surface area contributed by atoms with Gasteiger partial charge < -0.3 is 10.3 Å². The number of aryl methyl sites for hydroxylation is 3. The molecule has 2 heteroatoms. The van der Waals surface area contributed by atoms with Crippen LogP contribution in [-0.4, -0.2) is 11.1 Å². The van der Waals surface area contributed by atoms with Crippen molar-refractivity contribution >= 4 is 21.8 Å². The second-order valence-corrected chi connectivity index (χ2v) is 5.69. The number of unbranched alkanes of at least 4 members (excludes halogenated alkanes) is 1. The summed E-state index contributed by atoms with van der Waals surface area (Å²) in [5, 5.41) is 2.74. The minimum Gasteiger partial charge on any atom is -0.340 e. The summed E-state index contributed by atoms with van der Waals surface area (Å²) < 4.78 is 2.44. The van der Waals surface area contributed by atoms with Crippen molar-refractivity contribution in [3.05, 3.63) is 47.5 Å². The van der Waals surface area contributed by atoms with E-state index in [0.717, 1.165) is 25.9 Å². The lowest BCUT2D eigenvalue weighted by Crippen LogP contribution is -2.03. The number of hydrogen-bond acceptors (Lipinski definition) is 1. The van der Waals surface area contributed by atoms with Crippen LogP contribution in [0.15, 0.2) is 36.4 Å². The standard InChI is InChI=1S/C18H22N2/c1-13-5-7-17-15(11-13)16-12-14(2)6-8-18(16)20(17)10-4-3-9-19/h5-8,11-12H,3-4,9-10,19H2,1-2H3. The molecule has 0 amide bonds. The van der Waals surface area contributed by atoms with E-state index in [0.29, 0.717) is 0 Å². The first kappa shape index (κ1) is 13.2. The highest BCUT2D eigenvalue weighted by atomic mass is 15.0. The maximum atomic E-state index is 5.62. The fourth-order valence-electron chi connectivity index (χ4n) is 2.99. The molecule has 0 spiro atoms. The average molecular weight is 266 g/mol. The van der Waals surface area contributed by atoms with Gasteiger partial charge in [-0.25, -0.2) is 0 Å². The summed E-state index contributed by atoms with van der Waals surface area (Å²) >= 11 is 0. The number of hydrogen-bond donors (Lipinski definition) is 1. The van der Waals surface area contributed by atoms with Gasteiger partial charge in [0.15, 0.2) is 0 Å². The van der Waals surface area contributed by atoms with Gasteiger partial charge in [-0.2, -0.15) is 0 Å². The lowest BCUT2D eigenvalue weighted by Gasteiger charge is -2.07. The molecule has 1 aromatic heterocycles. The van der Waals surface area contributed by atoms with Crippen LogP contribution in [0.1, 0.15) is 24.0 Å². The highest BCUT2D eigenvalue weighted by molar-refractivity contribution is 6.08. The van der Waals surface area contributed by atoms with E-state index in [1.54, 1.807) is 0 Å². The molecule has 0 saturated carbocycles. The molecule has 3 aromatic rings. The molecule has 0 atom stereocenters. The van der Waals surface area contributed by atoms with Gasteiger partial charge >= 0.3 is 0 Å². The zero-order valence-corrected chi connectivity index (χ0v) is 12.3. The van der Waals surface area contributed by atoms with Crippen molar-refractivity contribution in [1.82, 2.24) is 4.57 Å². The molecule has 0 bridgehead atoms. The monoisotopic (exact) mass is 266 g/mol. The Hall–Kier alpha value is -1.80. The smallest absolute Gasteiger partial charge is 0.0491 e. The molecule has 0 unspecified atom stereocenters. The fourth-order valence-corrected chi connectivity index (χ4v) is 2.99. The van der Waals surface area contributed by atoms with Crippen LogP contribution in [0.3, 0.4) is 0 Å². The molecular weight excluding hydrogens is 244 g/mol. The van der Waals surface area contributed by atoms with E-state index in [4.69, 9.17) is 5.73 Å². The highest BCUT2D eigenvalue weighted by Crippen LogP contribution is 2.30. The van der Waals surface area contributed by atoms with Gasteiger partial charge in [0.25, 0.3) is 0 Å². The van der Waals surface area contributed by atoms with E-state index in [9.17, 15) is 0 Å². The molecule has 104 valence electrons. The van der Waals surface area contributed by atoms with Crippen molar-refractivity contribution < 1.29 is 0 Å². The zero-order valence-electron chi connectivity index (χ0n) is 12.3. The Bertz CT molecular complexity index is 694. The molecule has 2 aromatic carbocycles. The first-order chi connectivity index (χ1) is 9.70. The van der Waals surface area contributed by atoms with Crippen molar-refractivity contribution in [2.24, 2.45) is 5.73 Å². The molecular formula is C18H22N2. The molecule has 0 aliphatic heterocycles. The van der Waals surface area contributed by atoms with Crippen LogP contribution >= 0.6 is 0 Å². The lowest BCUT2D eigenvalue weighted by atomic mass is 10.1.